The number of ether oxygens (including phenoxy) is 2. The van der Waals surface area contributed by atoms with Gasteiger partial charge in [-0.1, -0.05) is 11.6 Å². The number of halogens is 4. The second-order valence-corrected chi connectivity index (χ2v) is 6.42. The van der Waals surface area contributed by atoms with Gasteiger partial charge in [0.15, 0.2) is 5.70 Å². The Morgan fingerprint density at radius 3 is 2.41 bits per heavy atom. The molecular weight excluding hydrogens is 391 g/mol. The summed E-state index contributed by atoms with van der Waals surface area (Å²) in [5.74, 6) is 3.02. The van der Waals surface area contributed by atoms with Gasteiger partial charge in [-0.2, -0.15) is 0 Å². The van der Waals surface area contributed by atoms with Crippen LogP contribution in [0.25, 0.3) is 0 Å². The summed E-state index contributed by atoms with van der Waals surface area (Å²) in [7, 11) is 0. The van der Waals surface area contributed by atoms with Crippen LogP contribution in [0.3, 0.4) is 0 Å². The topological polar surface area (TPSA) is 120 Å². The molecule has 11 heteroatoms. The second kappa shape index (κ2) is 8.57. The number of carbonyl (C=O) groups is 1. The van der Waals surface area contributed by atoms with Crippen molar-refractivity contribution in [1.29, 1.82) is 0 Å². The Balaban J connectivity index is 2.03. The first-order valence-electron chi connectivity index (χ1n) is 8.02. The smallest absolute Gasteiger partial charge is 0.476 e. The maximum absolute atomic E-state index is 12.4. The number of hydrazine groups is 1. The summed E-state index contributed by atoms with van der Waals surface area (Å²) < 4.78 is 46.6. The van der Waals surface area contributed by atoms with E-state index in [4.69, 9.17) is 33.0 Å². The van der Waals surface area contributed by atoms with Crippen LogP contribution in [0.4, 0.5) is 13.2 Å². The second-order valence-electron chi connectivity index (χ2n) is 6.01. The number of rotatable bonds is 6. The molecule has 0 bridgehead atoms. The van der Waals surface area contributed by atoms with E-state index in [1.54, 1.807) is 0 Å². The van der Waals surface area contributed by atoms with Gasteiger partial charge in [-0.3, -0.25) is 5.84 Å². The van der Waals surface area contributed by atoms with Crippen LogP contribution in [0, 0.1) is 0 Å². The fourth-order valence-electron chi connectivity index (χ4n) is 3.00. The molecule has 0 amide bonds. The molecule has 1 aliphatic carbocycles. The van der Waals surface area contributed by atoms with Gasteiger partial charge in [0.2, 0.25) is 5.88 Å². The highest BCUT2D eigenvalue weighted by atomic mass is 35.5. The maximum Gasteiger partial charge on any atom is 0.573 e. The first kappa shape index (κ1) is 21.0. The lowest BCUT2D eigenvalue weighted by atomic mass is 9.82. The average molecular weight is 410 g/mol. The Bertz CT molecular complexity index is 719. The summed E-state index contributed by atoms with van der Waals surface area (Å²) >= 11 is 6.13. The monoisotopic (exact) mass is 409 g/mol. The Hall–Kier alpha value is -2.33. The molecule has 0 unspecified atom stereocenters. The molecule has 0 aliphatic heterocycles. The number of benzene rings is 1. The molecular formula is C16H19ClF3N3O4. The molecule has 1 saturated carbocycles. The van der Waals surface area contributed by atoms with E-state index in [0.717, 1.165) is 6.07 Å². The van der Waals surface area contributed by atoms with Crippen molar-refractivity contribution < 1.29 is 32.5 Å². The third-order valence-electron chi connectivity index (χ3n) is 4.21. The molecule has 0 heterocycles. The van der Waals surface area contributed by atoms with Crippen LogP contribution in [-0.4, -0.2) is 23.5 Å². The molecule has 2 rings (SSSR count). The molecule has 1 fully saturated rings. The van der Waals surface area contributed by atoms with Crippen molar-refractivity contribution >= 4 is 17.6 Å². The van der Waals surface area contributed by atoms with E-state index < -0.39 is 18.0 Å². The van der Waals surface area contributed by atoms with E-state index in [-0.39, 0.29) is 23.7 Å². The van der Waals surface area contributed by atoms with Crippen LogP contribution >= 0.6 is 11.6 Å². The largest absolute Gasteiger partial charge is 0.573 e. The van der Waals surface area contributed by atoms with E-state index in [1.165, 1.54) is 12.1 Å². The highest BCUT2D eigenvalue weighted by Crippen LogP contribution is 2.39. The zero-order valence-electron chi connectivity index (χ0n) is 14.1. The Labute approximate surface area is 158 Å². The summed E-state index contributed by atoms with van der Waals surface area (Å²) in [6.45, 7) is 0. The molecule has 0 spiro atoms. The first-order valence-corrected chi connectivity index (χ1v) is 8.40. The lowest BCUT2D eigenvalue weighted by molar-refractivity contribution is -0.274. The van der Waals surface area contributed by atoms with Gasteiger partial charge in [0.1, 0.15) is 11.9 Å². The van der Waals surface area contributed by atoms with Crippen molar-refractivity contribution in [2.75, 3.05) is 0 Å². The van der Waals surface area contributed by atoms with E-state index in [0.29, 0.717) is 36.3 Å². The quantitative estimate of drug-likeness (QED) is 0.247. The lowest BCUT2D eigenvalue weighted by Crippen LogP contribution is -2.32. The van der Waals surface area contributed by atoms with Gasteiger partial charge in [-0.25, -0.2) is 4.79 Å². The first-order chi connectivity index (χ1) is 12.6. The predicted octanol–water partition coefficient (Wildman–Crippen LogP) is 2.96. The number of carboxylic acids is 1. The lowest BCUT2D eigenvalue weighted by Gasteiger charge is -2.30. The van der Waals surface area contributed by atoms with Gasteiger partial charge in [0.25, 0.3) is 0 Å². The Morgan fingerprint density at radius 1 is 1.26 bits per heavy atom. The average Bonchev–Trinajstić information content (AvgIpc) is 2.56. The third kappa shape index (κ3) is 5.83. The number of hydrogen-bond donors (Lipinski definition) is 4. The molecule has 0 radical (unpaired) electrons. The predicted molar refractivity (Wildman–Crippen MR) is 90.4 cm³/mol. The van der Waals surface area contributed by atoms with Crippen LogP contribution in [0.2, 0.25) is 5.02 Å². The highest BCUT2D eigenvalue weighted by molar-refractivity contribution is 6.31. The molecule has 1 aromatic rings. The number of hydrogen-bond acceptors (Lipinski definition) is 6. The highest BCUT2D eigenvalue weighted by Gasteiger charge is 2.32. The zero-order chi connectivity index (χ0) is 20.2. The van der Waals surface area contributed by atoms with Gasteiger partial charge in [0.05, 0.1) is 0 Å². The third-order valence-corrected chi connectivity index (χ3v) is 4.56. The minimum atomic E-state index is -4.78. The zero-order valence-corrected chi connectivity index (χ0v) is 14.8. The van der Waals surface area contributed by atoms with Gasteiger partial charge in [0, 0.05) is 5.02 Å². The van der Waals surface area contributed by atoms with E-state index in [9.17, 15) is 18.0 Å². The van der Waals surface area contributed by atoms with Gasteiger partial charge >= 0.3 is 12.3 Å². The molecule has 1 aliphatic rings. The van der Waals surface area contributed by atoms with E-state index >= 15 is 0 Å². The Morgan fingerprint density at radius 2 is 1.89 bits per heavy atom. The fourth-order valence-corrected chi connectivity index (χ4v) is 3.27. The number of carboxylic acid groups (broad SMARTS) is 1. The molecule has 0 atom stereocenters. The summed E-state index contributed by atoms with van der Waals surface area (Å²) in [5.41, 5.74) is 7.68. The molecule has 0 aromatic heterocycles. The van der Waals surface area contributed by atoms with Gasteiger partial charge in [-0.05, 0) is 55.4 Å². The summed E-state index contributed by atoms with van der Waals surface area (Å²) in [6.07, 6.45) is -2.93. The van der Waals surface area contributed by atoms with Crippen molar-refractivity contribution in [3.8, 4) is 5.75 Å². The number of nitrogens with two attached hydrogens (primary N) is 2. The van der Waals surface area contributed by atoms with Gasteiger partial charge < -0.3 is 25.7 Å². The van der Waals surface area contributed by atoms with Crippen LogP contribution in [-0.2, 0) is 9.53 Å². The number of nitrogens with one attached hydrogen (secondary N) is 1. The van der Waals surface area contributed by atoms with Crippen LogP contribution < -0.4 is 21.7 Å². The molecule has 1 aromatic carbocycles. The molecule has 6 N–H and O–H groups in total. The number of alkyl halides is 3. The standard InChI is InChI=1S/C16H19ClF3N3O4/c17-12-6-5-10(27-16(18,19)20)7-11(12)8-1-3-9(4-2-8)26-14(21)13(23-22)15(24)25/h5-9,23H,1-4,21-22H2,(H,24,25)/b14-13+. The van der Waals surface area contributed by atoms with Crippen molar-refractivity contribution in [3.05, 3.63) is 40.4 Å². The minimum Gasteiger partial charge on any atom is -0.476 e. The normalized spacial score (nSPS) is 21.2. The van der Waals surface area contributed by atoms with Crippen molar-refractivity contribution in [2.24, 2.45) is 11.6 Å². The molecule has 150 valence electrons. The van der Waals surface area contributed by atoms with Crippen molar-refractivity contribution in [2.45, 2.75) is 44.1 Å². The fraction of sp³-hybridized carbons (Fsp3) is 0.438. The van der Waals surface area contributed by atoms with Crippen LogP contribution in [0.1, 0.15) is 37.2 Å². The molecule has 0 saturated heterocycles. The van der Waals surface area contributed by atoms with Gasteiger partial charge in [-0.15, -0.1) is 13.2 Å². The summed E-state index contributed by atoms with van der Waals surface area (Å²) in [6, 6.07) is 3.82. The molecule has 27 heavy (non-hydrogen) atoms. The van der Waals surface area contributed by atoms with Crippen LogP contribution in [0.15, 0.2) is 29.8 Å². The number of aliphatic carboxylic acids is 1. The van der Waals surface area contributed by atoms with E-state index in [2.05, 4.69) is 4.74 Å². The molecule has 7 nitrogen and oxygen atoms in total. The Kier molecular flexibility index (Phi) is 6.66. The van der Waals surface area contributed by atoms with Crippen molar-refractivity contribution in [1.82, 2.24) is 5.43 Å². The van der Waals surface area contributed by atoms with Crippen molar-refractivity contribution in [3.63, 3.8) is 0 Å². The maximum atomic E-state index is 12.4. The SMILES string of the molecule is NN/C(C(=O)O)=C(\N)OC1CCC(c2cc(OC(F)(F)F)ccc2Cl)CC1. The minimum absolute atomic E-state index is 0.0779. The van der Waals surface area contributed by atoms with Crippen LogP contribution in [0.5, 0.6) is 5.75 Å². The summed E-state index contributed by atoms with van der Waals surface area (Å²) in [5, 5.41) is 9.29. The van der Waals surface area contributed by atoms with E-state index in [1.807, 2.05) is 5.43 Å². The summed E-state index contributed by atoms with van der Waals surface area (Å²) in [4.78, 5) is 11.0.